The molecule has 1 spiro atoms. The Morgan fingerprint density at radius 2 is 1.93 bits per heavy atom. The highest BCUT2D eigenvalue weighted by molar-refractivity contribution is 7.90. The average molecular weight is 809 g/mol. The lowest BCUT2D eigenvalue weighted by Crippen LogP contribution is -2.50. The maximum absolute atomic E-state index is 14.1. The number of nitrogens with zero attached hydrogens (tertiary/aromatic N) is 3. The molecule has 0 aromatic heterocycles. The van der Waals surface area contributed by atoms with Gasteiger partial charge in [-0.1, -0.05) is 42.5 Å². The third-order valence-electron chi connectivity index (χ3n) is 13.2. The SMILES string of the molecule is C=C1C[C@](O)(C(=O)NS(=O)(=O)C2CC2)c2ccc3c(c2)N(C[C@@H]2CC[C@H]2[C@@H](OCCN2CCOCC2)/C=C/CCN1C)C[C@@]1(CCCc2cc(Cl)ccc21)CO3. The second kappa shape index (κ2) is 16.3. The number of morpholine rings is 1. The molecule has 2 bridgehead atoms. The maximum atomic E-state index is 14.1. The van der Waals surface area contributed by atoms with Crippen LogP contribution in [0.5, 0.6) is 5.75 Å². The summed E-state index contributed by atoms with van der Waals surface area (Å²) in [7, 11) is -2.05. The number of halogens is 1. The summed E-state index contributed by atoms with van der Waals surface area (Å²) in [6, 6.07) is 11.6. The number of ether oxygens (including phenoxy) is 3. The largest absolute Gasteiger partial charge is 0.490 e. The van der Waals surface area contributed by atoms with Gasteiger partial charge in [0.25, 0.3) is 5.91 Å². The molecule has 5 atom stereocenters. The number of amides is 1. The molecule has 3 heterocycles. The van der Waals surface area contributed by atoms with Gasteiger partial charge in [-0.15, -0.1) is 0 Å². The number of fused-ring (bicyclic) bond motifs is 4. The van der Waals surface area contributed by atoms with Crippen molar-refractivity contribution in [3.05, 3.63) is 82.5 Å². The molecule has 2 aromatic rings. The standard InChI is InChI=1S/C43H57ClN4O7S/c1-30-26-43(50,41(49)45-56(51,52)35-11-12-35)33-9-15-40-38(25-33)48(28-42(29-55-40)16-5-6-31-24-34(44)10-14-37(31)42)27-32-8-13-36(32)39(7-3-4-17-46(30)2)54-23-20-47-18-21-53-22-19-47/h3,7,9-10,14-15,24-25,32,35-36,39,50H,1,4-6,8,11-13,16-23,26-29H2,2H3,(H,45,49)/b7-3+/t32-,36+,39-,42-,43+/m0/s1. The Labute approximate surface area is 337 Å². The minimum atomic E-state index is -3.94. The number of rotatable bonds is 7. The lowest BCUT2D eigenvalue weighted by atomic mass is 9.68. The number of hydrogen-bond donors (Lipinski definition) is 2. The van der Waals surface area contributed by atoms with E-state index in [2.05, 4.69) is 45.4 Å². The minimum absolute atomic E-state index is 0.0288. The van der Waals surface area contributed by atoms with Crippen LogP contribution in [0.1, 0.15) is 68.1 Å². The lowest BCUT2D eigenvalue weighted by molar-refractivity contribution is -0.139. The van der Waals surface area contributed by atoms with Crippen LogP contribution in [-0.4, -0.2) is 113 Å². The Balaban J connectivity index is 1.17. The number of carbonyl (C=O) groups excluding carboxylic acids is 1. The molecule has 3 fully saturated rings. The number of aliphatic hydroxyl groups is 1. The number of sulfonamides is 1. The predicted octanol–water partition coefficient (Wildman–Crippen LogP) is 5.15. The van der Waals surface area contributed by atoms with Crippen molar-refractivity contribution in [3.8, 4) is 5.75 Å². The minimum Gasteiger partial charge on any atom is -0.490 e. The molecule has 8 rings (SSSR count). The molecule has 2 aromatic carbocycles. The zero-order valence-corrected chi connectivity index (χ0v) is 34.2. The second-order valence-corrected chi connectivity index (χ2v) is 19.4. The zero-order valence-electron chi connectivity index (χ0n) is 32.6. The molecular weight excluding hydrogens is 752 g/mol. The Morgan fingerprint density at radius 1 is 1.11 bits per heavy atom. The molecule has 0 unspecified atom stereocenters. The van der Waals surface area contributed by atoms with Crippen LogP contribution in [0.4, 0.5) is 5.69 Å². The van der Waals surface area contributed by atoms with Gasteiger partial charge in [-0.2, -0.15) is 0 Å². The average Bonchev–Trinajstić information content (AvgIpc) is 4.04. The van der Waals surface area contributed by atoms with Crippen molar-refractivity contribution < 1.29 is 32.5 Å². The summed E-state index contributed by atoms with van der Waals surface area (Å²) in [4.78, 5) is 20.9. The van der Waals surface area contributed by atoms with Gasteiger partial charge in [0.05, 0.1) is 43.5 Å². The Hall–Kier alpha value is -3.13. The highest BCUT2D eigenvalue weighted by atomic mass is 35.5. The van der Waals surface area contributed by atoms with Gasteiger partial charge >= 0.3 is 0 Å². The first-order valence-corrected chi connectivity index (χ1v) is 22.4. The summed E-state index contributed by atoms with van der Waals surface area (Å²) in [5.74, 6) is 0.350. The third kappa shape index (κ3) is 8.25. The van der Waals surface area contributed by atoms with Crippen LogP contribution < -0.4 is 14.4 Å². The smallest absolute Gasteiger partial charge is 0.270 e. The maximum Gasteiger partial charge on any atom is 0.270 e. The first-order valence-electron chi connectivity index (χ1n) is 20.5. The molecular formula is C43H57ClN4O7S. The topological polar surface area (TPSA) is 121 Å². The highest BCUT2D eigenvalue weighted by Crippen LogP contribution is 2.48. The predicted molar refractivity (Wildman–Crippen MR) is 218 cm³/mol. The number of aryl methyl sites for hydroxylation is 1. The summed E-state index contributed by atoms with van der Waals surface area (Å²) in [5, 5.41) is 12.7. The zero-order chi connectivity index (χ0) is 39.1. The number of hydrogen-bond acceptors (Lipinski definition) is 10. The first kappa shape index (κ1) is 39.7. The molecule has 304 valence electrons. The van der Waals surface area contributed by atoms with Crippen molar-refractivity contribution in [1.29, 1.82) is 0 Å². The lowest BCUT2D eigenvalue weighted by Gasteiger charge is -2.46. The van der Waals surface area contributed by atoms with Crippen molar-refractivity contribution in [1.82, 2.24) is 14.5 Å². The van der Waals surface area contributed by atoms with Crippen LogP contribution in [-0.2, 0) is 41.7 Å². The normalized spacial score (nSPS) is 30.7. The van der Waals surface area contributed by atoms with Crippen molar-refractivity contribution in [3.63, 3.8) is 0 Å². The summed E-state index contributed by atoms with van der Waals surface area (Å²) in [6.45, 7) is 11.7. The van der Waals surface area contributed by atoms with Gasteiger partial charge in [-0.25, -0.2) is 8.42 Å². The van der Waals surface area contributed by atoms with Gasteiger partial charge in [0, 0.05) is 68.9 Å². The molecule has 1 amide bonds. The monoisotopic (exact) mass is 808 g/mol. The molecule has 11 nitrogen and oxygen atoms in total. The van der Waals surface area contributed by atoms with Crippen LogP contribution in [0.2, 0.25) is 5.02 Å². The Morgan fingerprint density at radius 3 is 2.70 bits per heavy atom. The molecule has 56 heavy (non-hydrogen) atoms. The number of nitrogens with one attached hydrogen (secondary N) is 1. The highest BCUT2D eigenvalue weighted by Gasteiger charge is 2.47. The number of carbonyl (C=O) groups is 1. The molecule has 1 saturated heterocycles. The van der Waals surface area contributed by atoms with Gasteiger partial charge in [0.15, 0.2) is 5.60 Å². The molecule has 2 N–H and O–H groups in total. The summed E-state index contributed by atoms with van der Waals surface area (Å²) in [6.07, 6.45) is 10.9. The van der Waals surface area contributed by atoms with Crippen LogP contribution in [0.3, 0.4) is 0 Å². The summed E-state index contributed by atoms with van der Waals surface area (Å²) < 4.78 is 47.5. The van der Waals surface area contributed by atoms with Crippen molar-refractivity contribution in [2.45, 2.75) is 80.2 Å². The van der Waals surface area contributed by atoms with Gasteiger partial charge in [0.2, 0.25) is 10.0 Å². The van der Waals surface area contributed by atoms with E-state index in [9.17, 15) is 18.3 Å². The molecule has 6 aliphatic rings. The fourth-order valence-electron chi connectivity index (χ4n) is 9.45. The fraction of sp³-hybridized carbons (Fsp3) is 0.605. The molecule has 3 aliphatic carbocycles. The van der Waals surface area contributed by atoms with Gasteiger partial charge in [0.1, 0.15) is 5.75 Å². The quantitative estimate of drug-likeness (QED) is 0.364. The van der Waals surface area contributed by atoms with Crippen LogP contribution in [0.25, 0.3) is 0 Å². The van der Waals surface area contributed by atoms with Crippen molar-refractivity contribution in [2.24, 2.45) is 11.8 Å². The van der Waals surface area contributed by atoms with E-state index in [1.165, 1.54) is 11.1 Å². The van der Waals surface area contributed by atoms with E-state index in [1.807, 2.05) is 30.1 Å². The van der Waals surface area contributed by atoms with E-state index in [0.29, 0.717) is 74.4 Å². The van der Waals surface area contributed by atoms with Crippen LogP contribution in [0, 0.1) is 11.8 Å². The Bertz CT molecular complexity index is 1930. The molecule has 13 heteroatoms. The van der Waals surface area contributed by atoms with Crippen LogP contribution in [0.15, 0.2) is 60.8 Å². The fourth-order valence-corrected chi connectivity index (χ4v) is 11.0. The Kier molecular flexibility index (Phi) is 11.5. The van der Waals surface area contributed by atoms with E-state index >= 15 is 0 Å². The van der Waals surface area contributed by atoms with Crippen molar-refractivity contribution in [2.75, 3.05) is 77.6 Å². The summed E-state index contributed by atoms with van der Waals surface area (Å²) >= 11 is 6.52. The van der Waals surface area contributed by atoms with Gasteiger partial charge in [-0.3, -0.25) is 14.4 Å². The van der Waals surface area contributed by atoms with E-state index in [1.54, 1.807) is 6.07 Å². The van der Waals surface area contributed by atoms with E-state index in [-0.39, 0.29) is 17.9 Å². The third-order valence-corrected chi connectivity index (χ3v) is 15.3. The van der Waals surface area contributed by atoms with Crippen molar-refractivity contribution >= 4 is 33.2 Å². The van der Waals surface area contributed by atoms with Gasteiger partial charge < -0.3 is 29.1 Å². The van der Waals surface area contributed by atoms with Gasteiger partial charge in [-0.05, 0) is 104 Å². The molecule has 2 saturated carbocycles. The summed E-state index contributed by atoms with van der Waals surface area (Å²) in [5.41, 5.74) is 1.59. The van der Waals surface area contributed by atoms with Crippen LogP contribution >= 0.6 is 11.6 Å². The molecule has 0 radical (unpaired) electrons. The molecule has 3 aliphatic heterocycles. The first-order chi connectivity index (χ1) is 26.9. The second-order valence-electron chi connectivity index (χ2n) is 17.0. The van der Waals surface area contributed by atoms with E-state index < -0.39 is 26.8 Å². The number of benzene rings is 2. The van der Waals surface area contributed by atoms with E-state index in [4.69, 9.17) is 25.8 Å². The van der Waals surface area contributed by atoms with E-state index in [0.717, 1.165) is 82.2 Å². The number of anilines is 1.